The number of likely N-dealkylation sites (N-methyl/N-ethyl adjacent to an activating group) is 1. The second kappa shape index (κ2) is 23.8. The second-order valence-corrected chi connectivity index (χ2v) is 24.3. The molecule has 2 N–H and O–H groups in total. The quantitative estimate of drug-likeness (QED) is 0.135. The molecular weight excluding hydrogens is 1040 g/mol. The van der Waals surface area contributed by atoms with Gasteiger partial charge in [0.05, 0.1) is 36.5 Å². The first-order chi connectivity index (χ1) is 36.2. The van der Waals surface area contributed by atoms with Crippen LogP contribution < -0.4 is 15.0 Å². The molecule has 0 radical (unpaired) electrons. The van der Waals surface area contributed by atoms with Crippen LogP contribution >= 0.6 is 23.4 Å². The summed E-state index contributed by atoms with van der Waals surface area (Å²) in [7, 11) is 5.89. The first kappa shape index (κ1) is 59.1. The van der Waals surface area contributed by atoms with Crippen molar-refractivity contribution < 1.29 is 76.8 Å². The molecule has 21 nitrogen and oxygen atoms in total. The van der Waals surface area contributed by atoms with Gasteiger partial charge < -0.3 is 43.4 Å². The number of methoxy groups -OCH3 is 2. The van der Waals surface area contributed by atoms with E-state index in [4.69, 9.17) is 40.1 Å². The number of anilines is 1. The van der Waals surface area contributed by atoms with Gasteiger partial charge in [-0.25, -0.2) is 14.4 Å². The molecular formula is C54H72ClN5O16S. The molecule has 3 unspecified atom stereocenters. The van der Waals surface area contributed by atoms with Crippen LogP contribution in [0.2, 0.25) is 5.02 Å². The van der Waals surface area contributed by atoms with Gasteiger partial charge in [0.25, 0.3) is 11.8 Å². The Morgan fingerprint density at radius 3 is 2.34 bits per heavy atom. The third-order valence-corrected chi connectivity index (χ3v) is 17.8. The van der Waals surface area contributed by atoms with Gasteiger partial charge >= 0.3 is 18.0 Å². The van der Waals surface area contributed by atoms with Crippen LogP contribution in [0.4, 0.5) is 10.5 Å². The SMILES string of the molecule is COc1cc2cc(c1Cl)N(C)C(=O)C[C@H](OC(=O)[C@@H](C)N(C)C(=O)CCC(C)(C)SC1CC(=O)N(CC3CCC(C(=O)ON4C(=O)CCC4=O)CC3)C1=O)[C@]1(C)O[C@H]1[C@H](C)C1CC(O)(NC(=O)O1)[C@H](OC)/C=C/C=C(\C)C2. The molecule has 1 saturated carbocycles. The lowest BCUT2D eigenvalue weighted by Gasteiger charge is -2.42. The first-order valence-electron chi connectivity index (χ1n) is 26.1. The summed E-state index contributed by atoms with van der Waals surface area (Å²) < 4.78 is 28.9. The first-order valence-corrected chi connectivity index (χ1v) is 27.4. The Labute approximate surface area is 457 Å². The maximum atomic E-state index is 14.4. The molecule has 77 heavy (non-hydrogen) atoms. The molecule has 5 fully saturated rings. The van der Waals surface area contributed by atoms with E-state index >= 15 is 0 Å². The number of hydrogen-bond donors (Lipinski definition) is 2. The number of hydroxylamine groups is 2. The smallest absolute Gasteiger partial charge is 0.409 e. The van der Waals surface area contributed by atoms with Gasteiger partial charge in [-0.2, -0.15) is 0 Å². The van der Waals surface area contributed by atoms with E-state index in [1.54, 1.807) is 45.2 Å². The number of nitrogens with zero attached hydrogens (tertiary/aromatic N) is 4. The summed E-state index contributed by atoms with van der Waals surface area (Å²) in [5.41, 5.74) is -1.21. The highest BCUT2D eigenvalue weighted by atomic mass is 35.5. The van der Waals surface area contributed by atoms with E-state index in [2.05, 4.69) is 5.32 Å². The number of esters is 1. The minimum Gasteiger partial charge on any atom is -0.495 e. The lowest BCUT2D eigenvalue weighted by atomic mass is 9.82. The number of imide groups is 2. The highest BCUT2D eigenvalue weighted by molar-refractivity contribution is 8.02. The number of epoxide rings is 1. The fourth-order valence-corrected chi connectivity index (χ4v) is 12.6. The number of aliphatic hydroxyl groups is 1. The van der Waals surface area contributed by atoms with Gasteiger partial charge in [0, 0.05) is 70.5 Å². The van der Waals surface area contributed by atoms with E-state index in [0.717, 1.165) is 11.1 Å². The van der Waals surface area contributed by atoms with Crippen molar-refractivity contribution in [2.45, 2.75) is 170 Å². The predicted octanol–water partition coefficient (Wildman–Crippen LogP) is 5.35. The topological polar surface area (TPSA) is 258 Å². The molecule has 6 aliphatic rings. The number of carbonyl (C=O) groups is 9. The zero-order valence-corrected chi connectivity index (χ0v) is 47.0. The molecule has 1 aromatic carbocycles. The Bertz CT molecular complexity index is 2570. The Hall–Kier alpha value is -5.55. The summed E-state index contributed by atoms with van der Waals surface area (Å²) >= 11 is 8.14. The Morgan fingerprint density at radius 2 is 1.69 bits per heavy atom. The number of thioether (sulfide) groups is 1. The van der Waals surface area contributed by atoms with Crippen LogP contribution in [0.25, 0.3) is 0 Å². The number of benzene rings is 1. The normalized spacial score (nSPS) is 31.6. The number of nitrogens with one attached hydrogen (secondary N) is 1. The van der Waals surface area contributed by atoms with E-state index in [1.165, 1.54) is 54.7 Å². The molecule has 4 bridgehead atoms. The fraction of sp³-hybridized carbons (Fsp3) is 0.648. The number of halogens is 1. The van der Waals surface area contributed by atoms with Crippen LogP contribution in [0.1, 0.15) is 118 Å². The zero-order valence-electron chi connectivity index (χ0n) is 45.4. The number of fused-ring (bicyclic) bond motifs is 5. The molecule has 422 valence electrons. The number of rotatable bonds is 14. The van der Waals surface area contributed by atoms with Crippen LogP contribution in [0.5, 0.6) is 5.75 Å². The lowest BCUT2D eigenvalue weighted by Crippen LogP contribution is -2.63. The summed E-state index contributed by atoms with van der Waals surface area (Å²) in [4.78, 5) is 128. The second-order valence-electron chi connectivity index (χ2n) is 22.0. The van der Waals surface area contributed by atoms with Crippen LogP contribution in [0, 0.1) is 17.8 Å². The summed E-state index contributed by atoms with van der Waals surface area (Å²) in [5, 5.41) is 14.4. The minimum atomic E-state index is -1.89. The van der Waals surface area contributed by atoms with Crippen molar-refractivity contribution in [2.24, 2.45) is 17.8 Å². The predicted molar refractivity (Wildman–Crippen MR) is 280 cm³/mol. The molecule has 0 aromatic heterocycles. The molecule has 23 heteroatoms. The van der Waals surface area contributed by atoms with Crippen molar-refractivity contribution in [3.63, 3.8) is 0 Å². The van der Waals surface area contributed by atoms with Gasteiger partial charge in [-0.05, 0) is 82.9 Å². The van der Waals surface area contributed by atoms with Crippen molar-refractivity contribution in [2.75, 3.05) is 39.8 Å². The van der Waals surface area contributed by atoms with Crippen LogP contribution in [0.15, 0.2) is 35.9 Å². The fourth-order valence-electron chi connectivity index (χ4n) is 10.8. The summed E-state index contributed by atoms with van der Waals surface area (Å²) in [6, 6.07) is 2.39. The number of alkyl carbamates (subject to hydrolysis) is 1. The zero-order chi connectivity index (χ0) is 56.5. The third-order valence-electron chi connectivity index (χ3n) is 15.9. The van der Waals surface area contributed by atoms with Gasteiger partial charge in [0.15, 0.2) is 5.72 Å². The molecule has 9 atom stereocenters. The number of carbonyl (C=O) groups excluding carboxylic acids is 9. The lowest BCUT2D eigenvalue weighted by molar-refractivity contribution is -0.201. The van der Waals surface area contributed by atoms with E-state index in [9.17, 15) is 48.3 Å². The number of hydrogen-bond acceptors (Lipinski definition) is 17. The molecule has 0 spiro atoms. The number of amides is 7. The standard InChI is InChI=1S/C54H72ClN5O16S/c1-29-12-11-13-39(72-10)54(70)27-37(73-51(69)56-54)30(2)47-53(6,75-47)40(26-44(64)58(8)35-23-33(22-29)24-36(71-9)46(35)55)74-49(67)31(3)57(7)41(61)20-21-52(4,5)77-38-25-45(65)59(48(38)66)28-32-14-16-34(17-15-32)50(68)76-60-42(62)18-19-43(60)63/h11-13,23-24,30-32,34,37-40,47,70H,14-22,25-28H2,1-10H3,(H,56,69)/b13-11+,29-12+/t30-,31-,32?,34?,37?,38?,39-,40+,47+,53+,54?/m1/s1. The molecule has 4 saturated heterocycles. The maximum Gasteiger partial charge on any atom is 0.409 e. The van der Waals surface area contributed by atoms with Gasteiger partial charge in [-0.3, -0.25) is 39.0 Å². The molecule has 1 aliphatic carbocycles. The molecule has 7 amide bonds. The summed E-state index contributed by atoms with van der Waals surface area (Å²) in [6.07, 6.45) is 2.52. The van der Waals surface area contributed by atoms with Crippen molar-refractivity contribution in [3.05, 3.63) is 46.5 Å². The van der Waals surface area contributed by atoms with Gasteiger partial charge in [-0.1, -0.05) is 56.2 Å². The van der Waals surface area contributed by atoms with Crippen LogP contribution in [-0.4, -0.2) is 160 Å². The highest BCUT2D eigenvalue weighted by Gasteiger charge is 2.64. The van der Waals surface area contributed by atoms with Gasteiger partial charge in [0.2, 0.25) is 23.6 Å². The molecule has 7 rings (SSSR count). The van der Waals surface area contributed by atoms with E-state index in [-0.39, 0.29) is 67.8 Å². The highest BCUT2D eigenvalue weighted by Crippen LogP contribution is 2.49. The Kier molecular flexibility index (Phi) is 18.3. The number of allylic oxidation sites excluding steroid dienone is 3. The van der Waals surface area contributed by atoms with E-state index < -0.39 is 112 Å². The summed E-state index contributed by atoms with van der Waals surface area (Å²) in [6.45, 7) is 10.8. The number of likely N-dealkylation sites (tertiary alicyclic amines) is 1. The number of ether oxygens (including phenoxy) is 5. The third kappa shape index (κ3) is 13.3. The molecule has 5 aliphatic heterocycles. The van der Waals surface area contributed by atoms with Crippen molar-refractivity contribution in [3.8, 4) is 5.75 Å². The Balaban J connectivity index is 0.990. The maximum absolute atomic E-state index is 14.4. The van der Waals surface area contributed by atoms with Crippen LogP contribution in [0.3, 0.4) is 0 Å². The minimum absolute atomic E-state index is 0.00150. The van der Waals surface area contributed by atoms with Crippen LogP contribution in [-0.2, 0) is 68.6 Å². The van der Waals surface area contributed by atoms with Gasteiger partial charge in [0.1, 0.15) is 40.7 Å². The summed E-state index contributed by atoms with van der Waals surface area (Å²) in [5.74, 6) is -4.90. The monoisotopic (exact) mass is 1110 g/mol. The van der Waals surface area contributed by atoms with Crippen molar-refractivity contribution in [1.29, 1.82) is 0 Å². The van der Waals surface area contributed by atoms with Crippen molar-refractivity contribution >= 4 is 82.5 Å². The van der Waals surface area contributed by atoms with E-state index in [1.807, 2.05) is 26.8 Å². The molecule has 1 aromatic rings. The average Bonchev–Trinajstić information content (AvgIpc) is 3.99. The Morgan fingerprint density at radius 1 is 1.01 bits per heavy atom. The van der Waals surface area contributed by atoms with Gasteiger partial charge in [-0.15, -0.1) is 16.8 Å². The average molecular weight is 1110 g/mol. The van der Waals surface area contributed by atoms with Crippen molar-refractivity contribution in [1.82, 2.24) is 20.2 Å². The van der Waals surface area contributed by atoms with E-state index in [0.29, 0.717) is 48.6 Å². The molecule has 5 heterocycles. The largest absolute Gasteiger partial charge is 0.495 e.